The Morgan fingerprint density at radius 1 is 1.00 bits per heavy atom. The van der Waals surface area contributed by atoms with E-state index in [1.165, 1.54) is 47.1 Å². The number of hydrogen-bond donors (Lipinski definition) is 1. The molecule has 41 heavy (non-hydrogen) atoms. The van der Waals surface area contributed by atoms with Crippen molar-refractivity contribution < 1.29 is 17.5 Å². The fourth-order valence-corrected chi connectivity index (χ4v) is 8.94. The molecular weight excluding hydrogens is 589 g/mol. The lowest BCUT2D eigenvalue weighted by Gasteiger charge is -2.19. The van der Waals surface area contributed by atoms with Crippen LogP contribution in [0.4, 0.5) is 5.69 Å². The summed E-state index contributed by atoms with van der Waals surface area (Å²) in [7, 11) is -4.02. The first kappa shape index (κ1) is 28.2. The van der Waals surface area contributed by atoms with Crippen molar-refractivity contribution in [1.82, 2.24) is 0 Å². The molecule has 5 nitrogen and oxygen atoms in total. The Kier molecular flexibility index (Phi) is 8.07. The van der Waals surface area contributed by atoms with Crippen molar-refractivity contribution in [2.45, 2.75) is 38.1 Å². The molecular formula is C32H31N2O3S4+. The summed E-state index contributed by atoms with van der Waals surface area (Å²) in [6, 6.07) is 23.7. The molecule has 0 bridgehead atoms. The standard InChI is InChI=1S/C32H30N2O3S4/c1-3-22(19-30-33(4-2)26-21-24(11-12-28(26)39-30)23-9-6-5-7-10-23)20-31-34(16-8-18-41(35,36)37)32-25-15-17-38-27(25)13-14-29(32)40-31/h5-7,9-15,17,19-21H,3-4,8,16,18H2,1-2H3/p+1. The molecule has 0 amide bonds. The highest BCUT2D eigenvalue weighted by atomic mass is 32.2. The summed E-state index contributed by atoms with van der Waals surface area (Å²) in [5, 5.41) is 5.57. The molecule has 1 aliphatic rings. The van der Waals surface area contributed by atoms with Gasteiger partial charge in [-0.05, 0) is 71.8 Å². The zero-order chi connectivity index (χ0) is 28.6. The number of aryl methyl sites for hydroxylation is 1. The third-order valence-electron chi connectivity index (χ3n) is 7.28. The molecule has 3 heterocycles. The van der Waals surface area contributed by atoms with Crippen LogP contribution < -0.4 is 9.47 Å². The lowest BCUT2D eigenvalue weighted by atomic mass is 10.0. The molecule has 0 spiro atoms. The number of fused-ring (bicyclic) bond motifs is 4. The summed E-state index contributed by atoms with van der Waals surface area (Å²) in [6.45, 7) is 5.75. The third kappa shape index (κ3) is 5.87. The summed E-state index contributed by atoms with van der Waals surface area (Å²) in [5.74, 6) is -0.254. The van der Waals surface area contributed by atoms with Crippen molar-refractivity contribution in [1.29, 1.82) is 0 Å². The number of rotatable bonds is 9. The molecule has 0 fully saturated rings. The van der Waals surface area contributed by atoms with Gasteiger partial charge in [-0.3, -0.25) is 4.55 Å². The molecule has 0 saturated heterocycles. The Bertz CT molecular complexity index is 1900. The Morgan fingerprint density at radius 3 is 2.56 bits per heavy atom. The summed E-state index contributed by atoms with van der Waals surface area (Å²) < 4.78 is 36.9. The molecule has 0 saturated carbocycles. The third-order valence-corrected chi connectivity index (χ3v) is 11.2. The Hall–Kier alpha value is -2.95. The average molecular weight is 620 g/mol. The maximum atomic E-state index is 11.5. The van der Waals surface area contributed by atoms with Crippen LogP contribution in [-0.4, -0.2) is 25.3 Å². The highest BCUT2D eigenvalue weighted by molar-refractivity contribution is 8.03. The van der Waals surface area contributed by atoms with Crippen LogP contribution in [0, 0.1) is 0 Å². The molecule has 1 aliphatic heterocycles. The lowest BCUT2D eigenvalue weighted by Crippen LogP contribution is -2.36. The van der Waals surface area contributed by atoms with E-state index in [-0.39, 0.29) is 5.75 Å². The second-order valence-electron chi connectivity index (χ2n) is 9.93. The van der Waals surface area contributed by atoms with Crippen molar-refractivity contribution in [3.8, 4) is 11.1 Å². The number of thioether (sulfide) groups is 1. The minimum Gasteiger partial charge on any atom is -0.335 e. The van der Waals surface area contributed by atoms with Gasteiger partial charge in [0.05, 0.1) is 21.9 Å². The van der Waals surface area contributed by atoms with E-state index in [1.54, 1.807) is 34.4 Å². The van der Waals surface area contributed by atoms with E-state index < -0.39 is 10.1 Å². The molecule has 0 atom stereocenters. The number of nitrogens with zero attached hydrogens (tertiary/aromatic N) is 2. The van der Waals surface area contributed by atoms with E-state index in [4.69, 9.17) is 0 Å². The molecule has 210 valence electrons. The smallest absolute Gasteiger partial charge is 0.265 e. The van der Waals surface area contributed by atoms with E-state index >= 15 is 0 Å². The van der Waals surface area contributed by atoms with Gasteiger partial charge in [-0.15, -0.1) is 11.3 Å². The Labute approximate surface area is 253 Å². The molecule has 1 N–H and O–H groups in total. The van der Waals surface area contributed by atoms with Gasteiger partial charge in [-0.25, -0.2) is 0 Å². The molecule has 3 aromatic carbocycles. The number of anilines is 1. The van der Waals surface area contributed by atoms with E-state index in [0.717, 1.165) is 23.5 Å². The maximum absolute atomic E-state index is 11.5. The first-order valence-corrected chi connectivity index (χ1v) is 17.8. The summed E-state index contributed by atoms with van der Waals surface area (Å²) in [4.78, 5) is 3.64. The molecule has 0 unspecified atom stereocenters. The summed E-state index contributed by atoms with van der Waals surface area (Å²) >= 11 is 5.24. The van der Waals surface area contributed by atoms with Gasteiger partial charge in [0.15, 0.2) is 6.54 Å². The van der Waals surface area contributed by atoms with E-state index in [1.807, 2.05) is 6.07 Å². The SMILES string of the molecule is CCC(=Cc1sc2ccc3sccc3c2[n+]1CCCS(=O)(=O)O)C=C1Sc2ccc(-c3ccccc3)cc2N1CC. The average Bonchev–Trinajstić information content (AvgIpc) is 3.67. The topological polar surface area (TPSA) is 61.5 Å². The van der Waals surface area contributed by atoms with Gasteiger partial charge in [0, 0.05) is 28.6 Å². The fraction of sp³-hybridized carbons (Fsp3) is 0.219. The zero-order valence-corrected chi connectivity index (χ0v) is 26.2. The van der Waals surface area contributed by atoms with E-state index in [2.05, 4.69) is 102 Å². The fourth-order valence-electron chi connectivity index (χ4n) is 5.29. The first-order valence-electron chi connectivity index (χ1n) is 13.7. The molecule has 9 heteroatoms. The molecule has 0 aliphatic carbocycles. The van der Waals surface area contributed by atoms with E-state index in [0.29, 0.717) is 13.0 Å². The van der Waals surface area contributed by atoms with Crippen molar-refractivity contribution in [2.24, 2.45) is 0 Å². The highest BCUT2D eigenvalue weighted by Crippen LogP contribution is 2.48. The van der Waals surface area contributed by atoms with Crippen LogP contribution in [0.15, 0.2) is 93.7 Å². The Morgan fingerprint density at radius 2 is 1.80 bits per heavy atom. The molecule has 0 radical (unpaired) electrons. The van der Waals surface area contributed by atoms with Gasteiger partial charge >= 0.3 is 0 Å². The largest absolute Gasteiger partial charge is 0.335 e. The zero-order valence-electron chi connectivity index (χ0n) is 22.9. The monoisotopic (exact) mass is 619 g/mol. The number of hydrogen-bond acceptors (Lipinski definition) is 6. The summed E-state index contributed by atoms with van der Waals surface area (Å²) in [5.41, 5.74) is 6.00. The molecule has 5 aromatic rings. The van der Waals surface area contributed by atoms with Crippen LogP contribution in [0.25, 0.3) is 37.5 Å². The minimum absolute atomic E-state index is 0.254. The maximum Gasteiger partial charge on any atom is 0.265 e. The van der Waals surface area contributed by atoms with Gasteiger partial charge in [0.2, 0.25) is 5.52 Å². The summed E-state index contributed by atoms with van der Waals surface area (Å²) in [6.07, 6.45) is 5.75. The van der Waals surface area contributed by atoms with Gasteiger partial charge in [0.1, 0.15) is 4.70 Å². The van der Waals surface area contributed by atoms with Crippen molar-refractivity contribution in [3.63, 3.8) is 0 Å². The highest BCUT2D eigenvalue weighted by Gasteiger charge is 2.26. The second-order valence-corrected chi connectivity index (χ2v) is 14.6. The quantitative estimate of drug-likeness (QED) is 0.132. The number of allylic oxidation sites excluding steroid dienone is 2. The van der Waals surface area contributed by atoms with Crippen molar-refractivity contribution >= 4 is 76.6 Å². The predicted octanol–water partition coefficient (Wildman–Crippen LogP) is 8.62. The first-order chi connectivity index (χ1) is 19.8. The van der Waals surface area contributed by atoms with Gasteiger partial charge in [0.25, 0.3) is 15.1 Å². The normalized spacial score (nSPS) is 15.0. The molecule has 6 rings (SSSR count). The van der Waals surface area contributed by atoms with Crippen LogP contribution >= 0.6 is 34.4 Å². The van der Waals surface area contributed by atoms with Crippen molar-refractivity contribution in [3.05, 3.63) is 93.8 Å². The van der Waals surface area contributed by atoms with Gasteiger partial charge in [-0.1, -0.05) is 66.4 Å². The number of aromatic nitrogens is 1. The van der Waals surface area contributed by atoms with Gasteiger partial charge in [-0.2, -0.15) is 13.0 Å². The lowest BCUT2D eigenvalue weighted by molar-refractivity contribution is -0.667. The van der Waals surface area contributed by atoms with Crippen molar-refractivity contribution in [2.75, 3.05) is 17.2 Å². The second kappa shape index (κ2) is 11.7. The predicted molar refractivity (Wildman–Crippen MR) is 176 cm³/mol. The van der Waals surface area contributed by atoms with Crippen LogP contribution in [0.3, 0.4) is 0 Å². The minimum atomic E-state index is -4.02. The number of benzene rings is 3. The number of thiazole rings is 1. The van der Waals surface area contributed by atoms with E-state index in [9.17, 15) is 13.0 Å². The van der Waals surface area contributed by atoms with Crippen LogP contribution in [0.2, 0.25) is 0 Å². The number of thiophene rings is 1. The molecule has 2 aromatic heterocycles. The van der Waals surface area contributed by atoms with Gasteiger partial charge < -0.3 is 4.90 Å². The van der Waals surface area contributed by atoms with Crippen LogP contribution in [0.1, 0.15) is 31.7 Å². The van der Waals surface area contributed by atoms with Crippen LogP contribution in [-0.2, 0) is 16.7 Å². The Balaban J connectivity index is 1.38. The van der Waals surface area contributed by atoms with Crippen LogP contribution in [0.5, 0.6) is 0 Å².